The molecule has 1 atom stereocenters. The van der Waals surface area contributed by atoms with E-state index in [9.17, 15) is 14.4 Å². The summed E-state index contributed by atoms with van der Waals surface area (Å²) in [6.07, 6.45) is 7.56. The fourth-order valence-corrected chi connectivity index (χ4v) is 4.35. The highest BCUT2D eigenvalue weighted by Crippen LogP contribution is 2.21. The van der Waals surface area contributed by atoms with Crippen molar-refractivity contribution in [1.29, 1.82) is 0 Å². The van der Waals surface area contributed by atoms with Crippen LogP contribution in [0.2, 0.25) is 0 Å². The van der Waals surface area contributed by atoms with Gasteiger partial charge in [-0.25, -0.2) is 0 Å². The highest BCUT2D eigenvalue weighted by molar-refractivity contribution is 6.00. The van der Waals surface area contributed by atoms with Crippen LogP contribution in [0.4, 0.5) is 0 Å². The first kappa shape index (κ1) is 22.9. The Balaban J connectivity index is 1.68. The molecule has 0 saturated carbocycles. The lowest BCUT2D eigenvalue weighted by molar-refractivity contribution is 0.0961. The Morgan fingerprint density at radius 1 is 1.16 bits per heavy atom. The van der Waals surface area contributed by atoms with Crippen molar-refractivity contribution in [2.75, 3.05) is 27.2 Å². The quantitative estimate of drug-likeness (QED) is 0.496. The number of ketones is 1. The predicted octanol–water partition coefficient (Wildman–Crippen LogP) is 3.34. The highest BCUT2D eigenvalue weighted by Gasteiger charge is 2.18. The monoisotopic (exact) mass is 423 g/mol. The van der Waals surface area contributed by atoms with E-state index < -0.39 is 5.91 Å². The molecule has 1 unspecified atom stereocenters. The van der Waals surface area contributed by atoms with Gasteiger partial charge in [0, 0.05) is 31.8 Å². The third-order valence-corrected chi connectivity index (χ3v) is 6.06. The summed E-state index contributed by atoms with van der Waals surface area (Å²) in [5.41, 5.74) is 0.983. The lowest BCUT2D eigenvalue weighted by atomic mass is 9.92. The molecule has 0 aliphatic carbocycles. The summed E-state index contributed by atoms with van der Waals surface area (Å²) in [5.74, 6) is 0.233. The number of benzene rings is 1. The molecule has 2 aromatic rings. The van der Waals surface area contributed by atoms with Gasteiger partial charge in [0.15, 0.2) is 5.78 Å². The molecule has 0 bridgehead atoms. The summed E-state index contributed by atoms with van der Waals surface area (Å²) in [7, 11) is 3.66. The van der Waals surface area contributed by atoms with Crippen molar-refractivity contribution >= 4 is 11.7 Å². The van der Waals surface area contributed by atoms with Crippen LogP contribution in [0.3, 0.4) is 0 Å². The number of carbonyl (C=O) groups excluding carboxylic acids is 2. The maximum absolute atomic E-state index is 12.9. The Morgan fingerprint density at radius 2 is 1.94 bits per heavy atom. The molecule has 6 heteroatoms. The summed E-state index contributed by atoms with van der Waals surface area (Å²) >= 11 is 0. The number of unbranched alkanes of at least 4 members (excludes halogenated alkanes) is 1. The van der Waals surface area contributed by atoms with Crippen molar-refractivity contribution in [3.05, 3.63) is 69.6 Å². The second-order valence-electron chi connectivity index (χ2n) is 8.58. The highest BCUT2D eigenvalue weighted by atomic mass is 16.2. The van der Waals surface area contributed by atoms with Gasteiger partial charge in [-0.2, -0.15) is 0 Å². The lowest BCUT2D eigenvalue weighted by Crippen LogP contribution is -2.32. The van der Waals surface area contributed by atoms with Crippen molar-refractivity contribution in [1.82, 2.24) is 14.8 Å². The van der Waals surface area contributed by atoms with Gasteiger partial charge in [-0.05, 0) is 56.8 Å². The van der Waals surface area contributed by atoms with Crippen LogP contribution in [0.1, 0.15) is 64.8 Å². The van der Waals surface area contributed by atoms with Crippen LogP contribution in [0.5, 0.6) is 0 Å². The molecule has 1 aromatic heterocycles. The van der Waals surface area contributed by atoms with Crippen LogP contribution in [-0.4, -0.2) is 48.3 Å². The second-order valence-corrected chi connectivity index (χ2v) is 8.58. The topological polar surface area (TPSA) is 71.4 Å². The third-order valence-electron chi connectivity index (χ3n) is 6.06. The minimum Gasteiger partial charge on any atom is -0.355 e. The summed E-state index contributed by atoms with van der Waals surface area (Å²) < 4.78 is 1.46. The molecule has 6 nitrogen and oxygen atoms in total. The van der Waals surface area contributed by atoms with Gasteiger partial charge in [-0.3, -0.25) is 14.4 Å². The molecule has 1 saturated heterocycles. The molecule has 2 heterocycles. The predicted molar refractivity (Wildman–Crippen MR) is 123 cm³/mol. The number of hydrogen-bond acceptors (Lipinski definition) is 4. The first-order valence-corrected chi connectivity index (χ1v) is 11.2. The second kappa shape index (κ2) is 11.0. The Hall–Kier alpha value is -2.73. The van der Waals surface area contributed by atoms with Crippen LogP contribution in [-0.2, 0) is 6.54 Å². The van der Waals surface area contributed by atoms with Crippen molar-refractivity contribution in [3.8, 4) is 0 Å². The van der Waals surface area contributed by atoms with Gasteiger partial charge in [0.25, 0.3) is 11.5 Å². The van der Waals surface area contributed by atoms with Gasteiger partial charge < -0.3 is 14.8 Å². The van der Waals surface area contributed by atoms with E-state index in [-0.39, 0.29) is 16.9 Å². The number of Topliss-reactive ketones (excluding diaryl/α,β-unsaturated/α-hetero) is 1. The smallest absolute Gasteiger partial charge is 0.263 e. The number of amides is 1. The van der Waals surface area contributed by atoms with Crippen molar-refractivity contribution < 1.29 is 9.59 Å². The molecule has 166 valence electrons. The number of piperidine rings is 1. The van der Waals surface area contributed by atoms with Gasteiger partial charge >= 0.3 is 0 Å². The Morgan fingerprint density at radius 3 is 2.65 bits per heavy atom. The molecular weight excluding hydrogens is 390 g/mol. The molecule has 1 aliphatic heterocycles. The van der Waals surface area contributed by atoms with Crippen LogP contribution < -0.4 is 10.9 Å². The van der Waals surface area contributed by atoms with E-state index in [0.29, 0.717) is 18.5 Å². The summed E-state index contributed by atoms with van der Waals surface area (Å²) in [6.45, 7) is 2.65. The Labute approximate surface area is 184 Å². The van der Waals surface area contributed by atoms with Gasteiger partial charge in [-0.15, -0.1) is 0 Å². The molecule has 1 N–H and O–H groups in total. The first-order valence-electron chi connectivity index (χ1n) is 11.2. The van der Waals surface area contributed by atoms with Crippen LogP contribution in [0.15, 0.2) is 47.4 Å². The van der Waals surface area contributed by atoms with E-state index in [1.54, 1.807) is 6.20 Å². The van der Waals surface area contributed by atoms with Crippen LogP contribution >= 0.6 is 0 Å². The summed E-state index contributed by atoms with van der Waals surface area (Å²) in [5, 5.41) is 2.50. The molecular formula is C25H33N3O3. The zero-order valence-electron chi connectivity index (χ0n) is 18.6. The molecule has 1 aromatic carbocycles. The average Bonchev–Trinajstić information content (AvgIpc) is 2.78. The molecule has 0 radical (unpaired) electrons. The molecule has 0 spiro atoms. The van der Waals surface area contributed by atoms with Gasteiger partial charge in [0.1, 0.15) is 5.56 Å². The molecule has 1 amide bonds. The number of aromatic nitrogens is 1. The van der Waals surface area contributed by atoms with E-state index in [2.05, 4.69) is 17.3 Å². The summed E-state index contributed by atoms with van der Waals surface area (Å²) in [6, 6.07) is 11.0. The molecule has 3 rings (SSSR count). The lowest BCUT2D eigenvalue weighted by Gasteiger charge is -2.29. The number of rotatable bonds is 9. The first-order chi connectivity index (χ1) is 15.0. The van der Waals surface area contributed by atoms with Gasteiger partial charge in [0.05, 0.1) is 6.54 Å². The van der Waals surface area contributed by atoms with E-state index in [1.807, 2.05) is 30.3 Å². The van der Waals surface area contributed by atoms with Crippen molar-refractivity contribution in [3.63, 3.8) is 0 Å². The third kappa shape index (κ3) is 6.37. The Kier molecular flexibility index (Phi) is 8.18. The number of nitrogens with zero attached hydrogens (tertiary/aromatic N) is 2. The minimum atomic E-state index is -0.470. The number of likely N-dealkylation sites (tertiary alicyclic amines) is 1. The Bertz CT molecular complexity index is 952. The minimum absolute atomic E-state index is 0.00882. The zero-order chi connectivity index (χ0) is 22.2. The number of nitrogens with one attached hydrogen (secondary N) is 1. The maximum Gasteiger partial charge on any atom is 0.263 e. The van der Waals surface area contributed by atoms with Crippen LogP contribution in [0.25, 0.3) is 0 Å². The van der Waals surface area contributed by atoms with E-state index in [1.165, 1.54) is 37.1 Å². The van der Waals surface area contributed by atoms with Crippen molar-refractivity contribution in [2.24, 2.45) is 5.92 Å². The summed E-state index contributed by atoms with van der Waals surface area (Å²) in [4.78, 5) is 40.3. The normalized spacial score (nSPS) is 16.8. The number of pyridine rings is 1. The van der Waals surface area contributed by atoms with Crippen molar-refractivity contribution in [2.45, 2.75) is 45.1 Å². The van der Waals surface area contributed by atoms with Gasteiger partial charge in [-0.1, -0.05) is 36.8 Å². The van der Waals surface area contributed by atoms with Gasteiger partial charge in [0.2, 0.25) is 0 Å². The maximum atomic E-state index is 12.9. The number of carbonyl (C=O) groups is 2. The zero-order valence-corrected chi connectivity index (χ0v) is 18.6. The fourth-order valence-electron chi connectivity index (χ4n) is 4.35. The molecule has 31 heavy (non-hydrogen) atoms. The van der Waals surface area contributed by atoms with Crippen LogP contribution in [0, 0.1) is 5.92 Å². The number of hydrogen-bond donors (Lipinski definition) is 1. The van der Waals surface area contributed by atoms with E-state index >= 15 is 0 Å². The van der Waals surface area contributed by atoms with E-state index in [4.69, 9.17) is 0 Å². The SMILES string of the molecule is CNC(=O)c1cc(C(=O)CCCCC2CCCN(C)C2)cn(Cc2ccccc2)c1=O. The molecule has 1 aliphatic rings. The molecule has 1 fully saturated rings. The largest absolute Gasteiger partial charge is 0.355 e. The standard InChI is InChI=1S/C25H33N3O3/c1-26-24(30)22-15-21(18-28(25(22)31)17-20-9-4-3-5-10-20)23(29)13-7-6-11-19-12-8-14-27(2)16-19/h3-5,9-10,15,18-19H,6-8,11-14,16-17H2,1-2H3,(H,26,30). The fraction of sp³-hybridized carbons (Fsp3) is 0.480. The van der Waals surface area contributed by atoms with E-state index in [0.717, 1.165) is 37.3 Å². The average molecular weight is 424 g/mol.